The molecule has 11 nitrogen and oxygen atoms in total. The van der Waals surface area contributed by atoms with E-state index in [0.29, 0.717) is 36.0 Å². The number of ether oxygens (including phenoxy) is 1. The van der Waals surface area contributed by atoms with E-state index in [0.717, 1.165) is 16.7 Å². The van der Waals surface area contributed by atoms with Crippen molar-refractivity contribution < 1.29 is 37.4 Å². The first kappa shape index (κ1) is 41.6. The van der Waals surface area contributed by atoms with Gasteiger partial charge in [0.15, 0.2) is 14.0 Å². The molecular weight excluding hydrogens is 728 g/mol. The normalized spacial score (nSPS) is 13.2. The number of hydrogen-bond acceptors (Lipinski definition) is 9. The van der Waals surface area contributed by atoms with E-state index in [1.54, 1.807) is 25.1 Å². The topological polar surface area (TPSA) is 156 Å². The van der Waals surface area contributed by atoms with E-state index in [1.807, 2.05) is 31.5 Å². The van der Waals surface area contributed by atoms with Crippen LogP contribution in [0, 0.1) is 5.41 Å². The maximum atomic E-state index is 14.2. The molecular formula is C37H48F3N5O6SSi. The molecule has 0 aliphatic heterocycles. The third-order valence-corrected chi connectivity index (χ3v) is 14.1. The van der Waals surface area contributed by atoms with E-state index in [9.17, 15) is 37.5 Å². The van der Waals surface area contributed by atoms with Gasteiger partial charge in [0.05, 0.1) is 12.1 Å². The maximum Gasteiger partial charge on any atom is 0.434 e. The molecule has 2 amide bonds. The molecule has 1 atom stereocenters. The predicted molar refractivity (Wildman–Crippen MR) is 204 cm³/mol. The Kier molecular flexibility index (Phi) is 12.6. The number of nitrogens with zero attached hydrogens (tertiary/aromatic N) is 3. The lowest BCUT2D eigenvalue weighted by Gasteiger charge is -2.40. The van der Waals surface area contributed by atoms with Crippen molar-refractivity contribution >= 4 is 48.4 Å². The van der Waals surface area contributed by atoms with Crippen molar-refractivity contribution in [1.82, 2.24) is 19.9 Å². The molecule has 1 aromatic carbocycles. The second-order valence-corrected chi connectivity index (χ2v) is 20.6. The summed E-state index contributed by atoms with van der Waals surface area (Å²) in [7, 11) is -2.58. The van der Waals surface area contributed by atoms with Crippen molar-refractivity contribution in [1.29, 1.82) is 0 Å². The largest absolute Gasteiger partial charge is 0.462 e. The summed E-state index contributed by atoms with van der Waals surface area (Å²) in [5, 5.41) is 15.1. The Bertz CT molecular complexity index is 2020. The number of carbonyl (C=O) groups excluding carboxylic acids is 2. The van der Waals surface area contributed by atoms with Crippen molar-refractivity contribution in [2.24, 2.45) is 5.41 Å². The van der Waals surface area contributed by atoms with Crippen LogP contribution in [-0.2, 0) is 10.9 Å². The van der Waals surface area contributed by atoms with Crippen LogP contribution < -0.4 is 16.1 Å². The molecule has 3 heterocycles. The molecule has 4 aromatic rings. The number of thiazole rings is 1. The molecule has 0 aliphatic carbocycles. The van der Waals surface area contributed by atoms with Crippen LogP contribution in [0.5, 0.6) is 0 Å². The van der Waals surface area contributed by atoms with Gasteiger partial charge in [-0.15, -0.1) is 11.3 Å². The van der Waals surface area contributed by atoms with Crippen LogP contribution in [0.25, 0.3) is 32.6 Å². The van der Waals surface area contributed by atoms with E-state index >= 15 is 0 Å². The lowest BCUT2D eigenvalue weighted by Crippen LogP contribution is -2.40. The van der Waals surface area contributed by atoms with Crippen LogP contribution in [0.15, 0.2) is 46.8 Å². The molecule has 0 fully saturated rings. The number of amides is 2. The number of aromatic nitrogens is 3. The number of fused-ring (bicyclic) bond motifs is 1. The zero-order chi connectivity index (χ0) is 39.5. The van der Waals surface area contributed by atoms with Gasteiger partial charge in [-0.05, 0) is 67.1 Å². The first-order chi connectivity index (χ1) is 24.6. The number of aliphatic hydroxyl groups excluding tert-OH is 1. The van der Waals surface area contributed by atoms with Crippen molar-refractivity contribution in [3.63, 3.8) is 0 Å². The number of rotatable bonds is 13. The molecule has 0 saturated carbocycles. The maximum absolute atomic E-state index is 14.2. The molecule has 0 bridgehead atoms. The van der Waals surface area contributed by atoms with Gasteiger partial charge < -0.3 is 24.5 Å². The van der Waals surface area contributed by atoms with Gasteiger partial charge in [-0.3, -0.25) is 10.1 Å². The summed E-state index contributed by atoms with van der Waals surface area (Å²) in [5.41, 5.74) is -0.798. The molecule has 53 heavy (non-hydrogen) atoms. The predicted octanol–water partition coefficient (Wildman–Crippen LogP) is 8.23. The molecule has 4 rings (SSSR count). The number of hydrogen-bond donors (Lipinski definition) is 4. The zero-order valence-corrected chi connectivity index (χ0v) is 33.1. The number of nitrogens with one attached hydrogen (secondary N) is 2. The fourth-order valence-electron chi connectivity index (χ4n) is 5.81. The summed E-state index contributed by atoms with van der Waals surface area (Å²) in [4.78, 5) is 59.1. The number of anilines is 1. The highest BCUT2D eigenvalue weighted by Gasteiger charge is 2.40. The first-order valence-electron chi connectivity index (χ1n) is 17.4. The Morgan fingerprint density at radius 2 is 1.79 bits per heavy atom. The van der Waals surface area contributed by atoms with Gasteiger partial charge in [0.1, 0.15) is 16.4 Å². The minimum absolute atomic E-state index is 0.0122. The summed E-state index contributed by atoms with van der Waals surface area (Å²) < 4.78 is 48.2. The van der Waals surface area contributed by atoms with Crippen molar-refractivity contribution in [3.05, 3.63) is 63.5 Å². The summed E-state index contributed by atoms with van der Waals surface area (Å²) in [5.74, 6) is -0.786. The quantitative estimate of drug-likeness (QED) is 0.0602. The second-order valence-electron chi connectivity index (χ2n) is 15.2. The average molecular weight is 776 g/mol. The molecule has 0 saturated heterocycles. The van der Waals surface area contributed by atoms with Crippen molar-refractivity contribution in [2.75, 3.05) is 25.1 Å². The lowest BCUT2D eigenvalue weighted by atomic mass is 9.82. The third-order valence-electron chi connectivity index (χ3n) is 9.64. The standard InChI is InChI=1S/C37H48F3N5O6SSi/c1-9-41-34(49)44-30-18-23(32-43-28(21-52-32)37(38,39)40)25(19-42-30)22-11-12-27-24(17-22)31(47)26(33(48)51-16-10-15-46)20-45(27)29(35(2,3)4)13-14-36(5,6)53(7,8)50/h11-12,17-21,29,46,50H,9-10,13-16H2,1-8H3,(H2,41,42,44,49)/t29-/m1/s1. The molecule has 16 heteroatoms. The average Bonchev–Trinajstić information content (AvgIpc) is 3.56. The lowest BCUT2D eigenvalue weighted by molar-refractivity contribution is -0.140. The van der Waals surface area contributed by atoms with Crippen LogP contribution in [-0.4, -0.2) is 64.5 Å². The van der Waals surface area contributed by atoms with Crippen molar-refractivity contribution in [3.8, 4) is 21.7 Å². The number of halogens is 3. The minimum Gasteiger partial charge on any atom is -0.462 e. The summed E-state index contributed by atoms with van der Waals surface area (Å²) in [6, 6.07) is 5.63. The van der Waals surface area contributed by atoms with E-state index in [2.05, 4.69) is 41.4 Å². The van der Waals surface area contributed by atoms with Crippen LogP contribution in [0.1, 0.15) is 82.9 Å². The third kappa shape index (κ3) is 9.71. The molecule has 0 unspecified atom stereocenters. The van der Waals surface area contributed by atoms with Gasteiger partial charge in [-0.25, -0.2) is 19.6 Å². The molecule has 0 aliphatic rings. The van der Waals surface area contributed by atoms with Crippen LogP contribution in [0.3, 0.4) is 0 Å². The number of carbonyl (C=O) groups is 2. The highest BCUT2D eigenvalue weighted by atomic mass is 32.1. The SMILES string of the molecule is CCNC(=O)Nc1cc(-c2nc(C(F)(F)F)cs2)c(-c2ccc3c(c2)c(=O)c(C(=O)OCCCO)cn3[C@H](CCC(C)(C)[Si](C)(C)O)C(C)(C)C)cn1. The minimum atomic E-state index is -4.69. The van der Waals surface area contributed by atoms with Crippen LogP contribution in [0.4, 0.5) is 23.8 Å². The van der Waals surface area contributed by atoms with E-state index in [-0.39, 0.29) is 63.5 Å². The smallest absolute Gasteiger partial charge is 0.434 e. The number of esters is 1. The van der Waals surface area contributed by atoms with E-state index in [4.69, 9.17) is 4.74 Å². The van der Waals surface area contributed by atoms with Crippen molar-refractivity contribution in [2.45, 2.75) is 91.2 Å². The van der Waals surface area contributed by atoms with Crippen LogP contribution >= 0.6 is 11.3 Å². The number of alkyl halides is 3. The van der Waals surface area contributed by atoms with E-state index < -0.39 is 37.6 Å². The van der Waals surface area contributed by atoms with Gasteiger partial charge in [0.25, 0.3) is 0 Å². The second kappa shape index (κ2) is 16.1. The Balaban J connectivity index is 1.98. The number of aliphatic hydroxyl groups is 1. The van der Waals surface area contributed by atoms with Gasteiger partial charge in [-0.1, -0.05) is 40.7 Å². The van der Waals surface area contributed by atoms with Gasteiger partial charge >= 0.3 is 18.2 Å². The fourth-order valence-corrected chi connectivity index (χ4v) is 7.42. The number of benzene rings is 1. The highest BCUT2D eigenvalue weighted by Crippen LogP contribution is 2.46. The van der Waals surface area contributed by atoms with Gasteiger partial charge in [0.2, 0.25) is 5.43 Å². The zero-order valence-electron chi connectivity index (χ0n) is 31.3. The summed E-state index contributed by atoms with van der Waals surface area (Å²) in [6.45, 7) is 15.8. The Morgan fingerprint density at radius 1 is 1.09 bits per heavy atom. The Morgan fingerprint density at radius 3 is 2.38 bits per heavy atom. The number of pyridine rings is 2. The monoisotopic (exact) mass is 775 g/mol. The van der Waals surface area contributed by atoms with Crippen LogP contribution in [0.2, 0.25) is 18.1 Å². The van der Waals surface area contributed by atoms with Gasteiger partial charge in [0, 0.05) is 59.9 Å². The molecule has 3 aromatic heterocycles. The fraction of sp³-hybridized carbons (Fsp3) is 0.486. The Hall–Kier alpha value is -4.12. The molecule has 0 spiro atoms. The molecule has 0 radical (unpaired) electrons. The molecule has 4 N–H and O–H groups in total. The summed E-state index contributed by atoms with van der Waals surface area (Å²) >= 11 is 0.770. The highest BCUT2D eigenvalue weighted by molar-refractivity contribution is 7.13. The van der Waals surface area contributed by atoms with E-state index in [1.165, 1.54) is 18.5 Å². The first-order valence-corrected chi connectivity index (χ1v) is 21.2. The van der Waals surface area contributed by atoms with Gasteiger partial charge in [-0.2, -0.15) is 13.2 Å². The number of urea groups is 1. The molecule has 288 valence electrons. The Labute approximate surface area is 311 Å². The summed E-state index contributed by atoms with van der Waals surface area (Å²) in [6.07, 6.45) is -0.337.